The molecule has 2 fully saturated rings. The summed E-state index contributed by atoms with van der Waals surface area (Å²) in [5.41, 5.74) is 1.11. The highest BCUT2D eigenvalue weighted by Gasteiger charge is 2.34. The van der Waals surface area contributed by atoms with Crippen LogP contribution in [0.4, 0.5) is 17.3 Å². The topological polar surface area (TPSA) is 105 Å². The SMILES string of the molecule is CCOC(=O)C1CCN(c2ncnc(N3CCN(CC=Cc4ccccc4)CC3)c2[N+](=O)[O-])CC1. The Morgan fingerprint density at radius 2 is 1.69 bits per heavy atom. The average molecular weight is 481 g/mol. The number of hydrogen-bond acceptors (Lipinski definition) is 9. The Bertz CT molecular complexity index is 1030. The Morgan fingerprint density at radius 3 is 2.29 bits per heavy atom. The van der Waals surface area contributed by atoms with Gasteiger partial charge < -0.3 is 14.5 Å². The van der Waals surface area contributed by atoms with Crippen LogP contribution in [-0.4, -0.2) is 78.2 Å². The van der Waals surface area contributed by atoms with Crippen LogP contribution in [0.2, 0.25) is 0 Å². The van der Waals surface area contributed by atoms with Gasteiger partial charge in [-0.05, 0) is 25.3 Å². The standard InChI is InChI=1S/C25H32N6O4/c1-2-35-25(32)21-10-13-29(14-11-21)23-22(31(33)34)24(27-19-26-23)30-17-15-28(16-18-30)12-6-9-20-7-4-3-5-8-20/h3-9,19,21H,2,10-18H2,1H3. The first-order chi connectivity index (χ1) is 17.1. The van der Waals surface area contributed by atoms with Crippen LogP contribution < -0.4 is 9.80 Å². The van der Waals surface area contributed by atoms with Gasteiger partial charge in [0.15, 0.2) is 0 Å². The second-order valence-corrected chi connectivity index (χ2v) is 8.74. The van der Waals surface area contributed by atoms with Gasteiger partial charge in [0.2, 0.25) is 11.6 Å². The summed E-state index contributed by atoms with van der Waals surface area (Å²) in [4.78, 5) is 38.6. The molecule has 2 aliphatic rings. The van der Waals surface area contributed by atoms with E-state index in [1.54, 1.807) is 6.92 Å². The Morgan fingerprint density at radius 1 is 1.06 bits per heavy atom. The summed E-state index contributed by atoms with van der Waals surface area (Å²) in [5, 5.41) is 12.1. The van der Waals surface area contributed by atoms with Crippen LogP contribution in [0.15, 0.2) is 42.7 Å². The highest BCUT2D eigenvalue weighted by molar-refractivity contribution is 5.74. The van der Waals surface area contributed by atoms with Gasteiger partial charge >= 0.3 is 11.7 Å². The molecular weight excluding hydrogens is 448 g/mol. The van der Waals surface area contributed by atoms with E-state index in [0.717, 1.165) is 19.6 Å². The van der Waals surface area contributed by atoms with Gasteiger partial charge in [0, 0.05) is 45.8 Å². The number of carbonyl (C=O) groups is 1. The molecule has 10 heteroatoms. The van der Waals surface area contributed by atoms with Crippen molar-refractivity contribution in [1.29, 1.82) is 0 Å². The summed E-state index contributed by atoms with van der Waals surface area (Å²) in [5.74, 6) is 0.333. The number of piperazine rings is 1. The molecule has 0 saturated carbocycles. The predicted octanol–water partition coefficient (Wildman–Crippen LogP) is 3.00. The molecule has 1 aromatic heterocycles. The zero-order valence-corrected chi connectivity index (χ0v) is 20.1. The fraction of sp³-hybridized carbons (Fsp3) is 0.480. The molecule has 2 aliphatic heterocycles. The van der Waals surface area contributed by atoms with Gasteiger partial charge in [0.25, 0.3) is 0 Å². The lowest BCUT2D eigenvalue weighted by Gasteiger charge is -2.35. The molecule has 0 bridgehead atoms. The highest BCUT2D eigenvalue weighted by Crippen LogP contribution is 2.36. The number of nitro groups is 1. The summed E-state index contributed by atoms with van der Waals surface area (Å²) in [7, 11) is 0. The minimum Gasteiger partial charge on any atom is -0.466 e. The van der Waals surface area contributed by atoms with Crippen LogP contribution in [0.5, 0.6) is 0 Å². The molecule has 2 saturated heterocycles. The lowest BCUT2D eigenvalue weighted by molar-refractivity contribution is -0.383. The summed E-state index contributed by atoms with van der Waals surface area (Å²) in [6.07, 6.45) is 6.84. The molecular formula is C25H32N6O4. The second-order valence-electron chi connectivity index (χ2n) is 8.74. The molecule has 0 atom stereocenters. The molecule has 4 rings (SSSR count). The first kappa shape index (κ1) is 24.6. The smallest absolute Gasteiger partial charge is 0.353 e. The van der Waals surface area contributed by atoms with Crippen LogP contribution in [0.1, 0.15) is 25.3 Å². The molecule has 10 nitrogen and oxygen atoms in total. The van der Waals surface area contributed by atoms with Crippen LogP contribution >= 0.6 is 0 Å². The maximum Gasteiger partial charge on any atom is 0.353 e. The number of rotatable bonds is 8. The lowest BCUT2D eigenvalue weighted by Crippen LogP contribution is -2.47. The van der Waals surface area contributed by atoms with Crippen molar-refractivity contribution in [3.8, 4) is 0 Å². The zero-order chi connectivity index (χ0) is 24.6. The quantitative estimate of drug-likeness (QED) is 0.320. The summed E-state index contributed by atoms with van der Waals surface area (Å²) in [6, 6.07) is 10.2. The fourth-order valence-electron chi connectivity index (χ4n) is 4.62. The summed E-state index contributed by atoms with van der Waals surface area (Å²) >= 11 is 0. The number of aromatic nitrogens is 2. The van der Waals surface area contributed by atoms with E-state index in [9.17, 15) is 14.9 Å². The third-order valence-corrected chi connectivity index (χ3v) is 6.53. The number of anilines is 2. The Kier molecular flexibility index (Phi) is 8.25. The first-order valence-electron chi connectivity index (χ1n) is 12.2. The molecule has 0 unspecified atom stereocenters. The molecule has 0 radical (unpaired) electrons. The van der Waals surface area contributed by atoms with E-state index in [1.807, 2.05) is 28.0 Å². The van der Waals surface area contributed by atoms with Gasteiger partial charge in [-0.2, -0.15) is 0 Å². The largest absolute Gasteiger partial charge is 0.466 e. The Hall–Kier alpha value is -3.53. The van der Waals surface area contributed by atoms with Gasteiger partial charge in [-0.15, -0.1) is 0 Å². The Balaban J connectivity index is 1.39. The molecule has 0 spiro atoms. The van der Waals surface area contributed by atoms with E-state index >= 15 is 0 Å². The molecule has 2 aromatic rings. The number of piperidine rings is 1. The van der Waals surface area contributed by atoms with Crippen LogP contribution in [0.25, 0.3) is 6.08 Å². The van der Waals surface area contributed by atoms with E-state index < -0.39 is 0 Å². The first-order valence-corrected chi connectivity index (χ1v) is 12.2. The molecule has 3 heterocycles. The van der Waals surface area contributed by atoms with Crippen molar-refractivity contribution in [3.63, 3.8) is 0 Å². The van der Waals surface area contributed by atoms with Gasteiger partial charge in [0.05, 0.1) is 17.4 Å². The number of esters is 1. The van der Waals surface area contributed by atoms with Crippen molar-refractivity contribution in [2.75, 3.05) is 62.2 Å². The van der Waals surface area contributed by atoms with Crippen molar-refractivity contribution in [3.05, 3.63) is 58.4 Å². The normalized spacial score (nSPS) is 17.6. The third kappa shape index (κ3) is 6.13. The summed E-state index contributed by atoms with van der Waals surface area (Å²) < 4.78 is 5.13. The summed E-state index contributed by atoms with van der Waals surface area (Å²) in [6.45, 7) is 6.90. The van der Waals surface area contributed by atoms with Gasteiger partial charge in [0.1, 0.15) is 6.33 Å². The van der Waals surface area contributed by atoms with Gasteiger partial charge in [-0.3, -0.25) is 19.8 Å². The van der Waals surface area contributed by atoms with Crippen molar-refractivity contribution in [2.24, 2.45) is 5.92 Å². The monoisotopic (exact) mass is 480 g/mol. The van der Waals surface area contributed by atoms with Gasteiger partial charge in [-0.1, -0.05) is 42.5 Å². The van der Waals surface area contributed by atoms with Crippen LogP contribution in [0, 0.1) is 16.0 Å². The maximum atomic E-state index is 12.1. The Labute approximate surface area is 205 Å². The van der Waals surface area contributed by atoms with E-state index in [-0.39, 0.29) is 22.5 Å². The highest BCUT2D eigenvalue weighted by atomic mass is 16.6. The van der Waals surface area contributed by atoms with E-state index in [2.05, 4.69) is 39.2 Å². The maximum absolute atomic E-state index is 12.1. The predicted molar refractivity (Wildman–Crippen MR) is 134 cm³/mol. The minimum atomic E-state index is -0.378. The average Bonchev–Trinajstić information content (AvgIpc) is 2.89. The molecule has 1 aromatic carbocycles. The molecule has 0 N–H and O–H groups in total. The van der Waals surface area contributed by atoms with Crippen molar-refractivity contribution < 1.29 is 14.5 Å². The number of carbonyl (C=O) groups excluding carboxylic acids is 1. The molecule has 0 aliphatic carbocycles. The number of nitrogens with zero attached hydrogens (tertiary/aromatic N) is 6. The van der Waals surface area contributed by atoms with Crippen molar-refractivity contribution in [1.82, 2.24) is 14.9 Å². The molecule has 186 valence electrons. The van der Waals surface area contributed by atoms with E-state index in [1.165, 1.54) is 11.9 Å². The molecule has 35 heavy (non-hydrogen) atoms. The van der Waals surface area contributed by atoms with Crippen molar-refractivity contribution >= 4 is 29.4 Å². The van der Waals surface area contributed by atoms with E-state index in [4.69, 9.17) is 4.74 Å². The van der Waals surface area contributed by atoms with E-state index in [0.29, 0.717) is 57.3 Å². The minimum absolute atomic E-state index is 0.0560. The van der Waals surface area contributed by atoms with Gasteiger partial charge in [-0.25, -0.2) is 9.97 Å². The number of ether oxygens (including phenoxy) is 1. The lowest BCUT2D eigenvalue weighted by atomic mass is 9.97. The number of benzene rings is 1. The van der Waals surface area contributed by atoms with Crippen LogP contribution in [0.3, 0.4) is 0 Å². The third-order valence-electron chi connectivity index (χ3n) is 6.53. The number of hydrogen-bond donors (Lipinski definition) is 0. The molecule has 0 amide bonds. The van der Waals surface area contributed by atoms with Crippen LogP contribution in [-0.2, 0) is 9.53 Å². The zero-order valence-electron chi connectivity index (χ0n) is 20.1. The van der Waals surface area contributed by atoms with Crippen molar-refractivity contribution in [2.45, 2.75) is 19.8 Å². The second kappa shape index (κ2) is 11.7. The fourth-order valence-corrected chi connectivity index (χ4v) is 4.62.